The fraction of sp³-hybridized carbons (Fsp3) is 1.00. The summed E-state index contributed by atoms with van der Waals surface area (Å²) in [6, 6.07) is 0. The van der Waals surface area contributed by atoms with Gasteiger partial charge >= 0.3 is 0 Å². The van der Waals surface area contributed by atoms with Crippen LogP contribution in [-0.4, -0.2) is 5.75 Å². The first-order valence-corrected chi connectivity index (χ1v) is 8.18. The second kappa shape index (κ2) is 5.78. The molecule has 0 aliphatic carbocycles. The van der Waals surface area contributed by atoms with Gasteiger partial charge in [-0.15, -0.1) is 0 Å². The predicted molar refractivity (Wildman–Crippen MR) is 51.5 cm³/mol. The van der Waals surface area contributed by atoms with E-state index in [0.29, 0.717) is 0 Å². The lowest BCUT2D eigenvalue weighted by molar-refractivity contribution is 1.11. The summed E-state index contributed by atoms with van der Waals surface area (Å²) in [6.07, 6.45) is 1.24. The van der Waals surface area contributed by atoms with E-state index in [1.165, 1.54) is 12.2 Å². The van der Waals surface area contributed by atoms with E-state index in [1.54, 1.807) is 0 Å². The first-order valence-electron chi connectivity index (χ1n) is 1.98. The van der Waals surface area contributed by atoms with Crippen LogP contribution in [-0.2, 0) is 16.8 Å². The van der Waals surface area contributed by atoms with Gasteiger partial charge in [-0.05, 0) is 17.6 Å². The van der Waals surface area contributed by atoms with Crippen LogP contribution in [0.1, 0.15) is 13.3 Å². The van der Waals surface area contributed by atoms with E-state index >= 15 is 0 Å². The van der Waals surface area contributed by atoms with Gasteiger partial charge in [0, 0.05) is 32.6 Å². The van der Waals surface area contributed by atoms with Crippen molar-refractivity contribution in [1.82, 2.24) is 0 Å². The van der Waals surface area contributed by atoms with Gasteiger partial charge in [-0.2, -0.15) is 0 Å². The lowest BCUT2D eigenvalue weighted by atomic mass is 10.6. The van der Waals surface area contributed by atoms with Crippen LogP contribution in [0, 0.1) is 0 Å². The van der Waals surface area contributed by atoms with Gasteiger partial charge in [0.15, 0.2) is 0 Å². The van der Waals surface area contributed by atoms with Crippen molar-refractivity contribution in [3.05, 3.63) is 0 Å². The Kier molecular flexibility index (Phi) is 7.14. The van der Waals surface area contributed by atoms with Crippen LogP contribution >= 0.6 is 32.0 Å². The van der Waals surface area contributed by atoms with Crippen molar-refractivity contribution in [2.24, 2.45) is 0 Å². The average Bonchev–Trinajstić information content (AvgIpc) is 1.61. The smallest absolute Gasteiger partial charge is 0.0128 e. The summed E-state index contributed by atoms with van der Waals surface area (Å²) in [5.74, 6) is 1.22. The molecular formula is C3H7IS3. The first-order chi connectivity index (χ1) is 3.27. The van der Waals surface area contributed by atoms with Crippen molar-refractivity contribution >= 4 is 48.8 Å². The van der Waals surface area contributed by atoms with E-state index in [-0.39, 0.29) is 5.66 Å². The highest BCUT2D eigenvalue weighted by Gasteiger charge is 1.83. The zero-order valence-electron chi connectivity index (χ0n) is 4.02. The molecule has 0 aromatic rings. The molecule has 0 radical (unpaired) electrons. The minimum atomic E-state index is 0.155. The van der Waals surface area contributed by atoms with Crippen molar-refractivity contribution in [2.75, 3.05) is 5.75 Å². The molecule has 0 heterocycles. The highest BCUT2D eigenvalue weighted by atomic mass is 127. The lowest BCUT2D eigenvalue weighted by Gasteiger charge is -1.89. The Bertz CT molecular complexity index is 63.2. The Hall–Kier alpha value is 1.65. The van der Waals surface area contributed by atoms with Crippen molar-refractivity contribution in [3.8, 4) is 0 Å². The molecule has 4 heteroatoms. The number of hydrogen-bond donors (Lipinski definition) is 0. The zero-order valence-corrected chi connectivity index (χ0v) is 8.62. The van der Waals surface area contributed by atoms with Gasteiger partial charge in [-0.3, -0.25) is 0 Å². The van der Waals surface area contributed by atoms with Gasteiger partial charge < -0.3 is 0 Å². The monoisotopic (exact) mass is 266 g/mol. The first kappa shape index (κ1) is 8.65. The average molecular weight is 266 g/mol. The van der Waals surface area contributed by atoms with E-state index in [4.69, 9.17) is 11.2 Å². The lowest BCUT2D eigenvalue weighted by Crippen LogP contribution is -1.70. The molecule has 7 heavy (non-hydrogen) atoms. The van der Waals surface area contributed by atoms with Crippen molar-refractivity contribution < 1.29 is 0 Å². The van der Waals surface area contributed by atoms with E-state index < -0.39 is 0 Å². The molecule has 0 aliphatic heterocycles. The molecule has 1 unspecified atom stereocenters. The van der Waals surface area contributed by atoms with Crippen LogP contribution in [0.3, 0.4) is 0 Å². The maximum atomic E-state index is 4.92. The molecule has 0 aromatic carbocycles. The normalized spacial score (nSPS) is 14.0. The number of hydrogen-bond acceptors (Lipinski definition) is 2. The second-order valence-electron chi connectivity index (χ2n) is 1.02. The summed E-state index contributed by atoms with van der Waals surface area (Å²) in [6.45, 7) is 2.17. The Labute approximate surface area is 67.4 Å². The van der Waals surface area contributed by atoms with Gasteiger partial charge in [-0.1, -0.05) is 17.7 Å². The standard InChI is InChI=1S/C3H7IS3/c1-2-3-6-7(4)5/h2-3H2,1H3. The molecule has 0 saturated heterocycles. The summed E-state index contributed by atoms with van der Waals surface area (Å²) in [7, 11) is 1.86. The van der Waals surface area contributed by atoms with Gasteiger partial charge in [0.2, 0.25) is 0 Å². The highest BCUT2D eigenvalue weighted by molar-refractivity contribution is 14.2. The molecule has 0 rings (SSSR count). The number of rotatable bonds is 3. The van der Waals surface area contributed by atoms with E-state index in [9.17, 15) is 0 Å². The van der Waals surface area contributed by atoms with Crippen LogP contribution in [0.15, 0.2) is 0 Å². The summed E-state index contributed by atoms with van der Waals surface area (Å²) in [5.41, 5.74) is 0.155. The maximum absolute atomic E-state index is 4.92. The molecule has 0 bridgehead atoms. The van der Waals surface area contributed by atoms with Gasteiger partial charge in [0.05, 0.1) is 0 Å². The largest absolute Gasteiger partial charge is 0.0794 e. The van der Waals surface area contributed by atoms with Crippen LogP contribution in [0.2, 0.25) is 0 Å². The SMILES string of the molecule is CCCSS(=S)I. The van der Waals surface area contributed by atoms with E-state index in [0.717, 1.165) is 0 Å². The van der Waals surface area contributed by atoms with Crippen LogP contribution in [0.4, 0.5) is 0 Å². The van der Waals surface area contributed by atoms with E-state index in [1.807, 2.05) is 10.8 Å². The minimum Gasteiger partial charge on any atom is -0.0794 e. The third kappa shape index (κ3) is 7.65. The fourth-order valence-corrected chi connectivity index (χ4v) is 3.57. The molecule has 0 saturated carbocycles. The number of halogens is 1. The molecule has 0 amide bonds. The summed E-state index contributed by atoms with van der Waals surface area (Å²) in [5, 5.41) is 0. The predicted octanol–water partition coefficient (Wildman–Crippen LogP) is 2.47. The van der Waals surface area contributed by atoms with Crippen LogP contribution in [0.25, 0.3) is 0 Å². The Morgan fingerprint density at radius 3 is 2.57 bits per heavy atom. The van der Waals surface area contributed by atoms with Gasteiger partial charge in [-0.25, -0.2) is 0 Å². The van der Waals surface area contributed by atoms with Crippen LogP contribution in [0.5, 0.6) is 0 Å². The third-order valence-electron chi connectivity index (χ3n) is 0.380. The quantitative estimate of drug-likeness (QED) is 0.437. The van der Waals surface area contributed by atoms with Crippen molar-refractivity contribution in [3.63, 3.8) is 0 Å². The van der Waals surface area contributed by atoms with Crippen molar-refractivity contribution in [2.45, 2.75) is 13.3 Å². The molecule has 0 N–H and O–H groups in total. The highest BCUT2D eigenvalue weighted by Crippen LogP contribution is 2.14. The zero-order chi connectivity index (χ0) is 5.70. The molecular weight excluding hydrogens is 259 g/mol. The molecule has 0 aliphatic rings. The van der Waals surface area contributed by atoms with Crippen LogP contribution < -0.4 is 0 Å². The fourth-order valence-electron chi connectivity index (χ4n) is 0.149. The molecule has 0 aromatic heterocycles. The molecule has 0 nitrogen and oxygen atoms in total. The van der Waals surface area contributed by atoms with Gasteiger partial charge in [0.1, 0.15) is 0 Å². The van der Waals surface area contributed by atoms with E-state index in [2.05, 4.69) is 28.1 Å². The molecule has 0 fully saturated rings. The molecule has 44 valence electrons. The summed E-state index contributed by atoms with van der Waals surface area (Å²) < 4.78 is 0. The maximum Gasteiger partial charge on any atom is 0.0128 e. The summed E-state index contributed by atoms with van der Waals surface area (Å²) >= 11 is 7.19. The minimum absolute atomic E-state index is 0.155. The topological polar surface area (TPSA) is 0 Å². The van der Waals surface area contributed by atoms with Crippen molar-refractivity contribution in [1.29, 1.82) is 0 Å². The van der Waals surface area contributed by atoms with Gasteiger partial charge in [0.25, 0.3) is 0 Å². The summed E-state index contributed by atoms with van der Waals surface area (Å²) in [4.78, 5) is 0. The second-order valence-corrected chi connectivity index (χ2v) is 11.6. The Balaban J connectivity index is 2.82. The Morgan fingerprint density at radius 2 is 2.43 bits per heavy atom. The third-order valence-corrected chi connectivity index (χ3v) is 5.35. The molecule has 1 atom stereocenters. The molecule has 0 spiro atoms. The Morgan fingerprint density at radius 1 is 1.86 bits per heavy atom.